The Morgan fingerprint density at radius 3 is 2.76 bits per heavy atom. The molecular weight excluding hydrogens is 366 g/mol. The van der Waals surface area contributed by atoms with E-state index in [4.69, 9.17) is 9.47 Å². The Labute approximate surface area is 175 Å². The fourth-order valence-corrected chi connectivity index (χ4v) is 3.42. The van der Waals surface area contributed by atoms with E-state index in [1.807, 2.05) is 25.4 Å². The molecule has 1 saturated heterocycles. The van der Waals surface area contributed by atoms with E-state index < -0.39 is 0 Å². The number of pyridine rings is 1. The molecule has 1 saturated carbocycles. The minimum Gasteiger partial charge on any atom is -0.477 e. The minimum atomic E-state index is 0.310. The average molecular weight is 404 g/mol. The predicted octanol–water partition coefficient (Wildman–Crippen LogP) is 2.42. The smallest absolute Gasteiger partial charge is 0.213 e. The lowest BCUT2D eigenvalue weighted by atomic mass is 10.1. The highest BCUT2D eigenvalue weighted by atomic mass is 16.5. The Balaban J connectivity index is 1.36. The quantitative estimate of drug-likeness (QED) is 0.462. The monoisotopic (exact) mass is 403 g/mol. The van der Waals surface area contributed by atoms with Crippen molar-refractivity contribution in [1.82, 2.24) is 20.5 Å². The van der Waals surface area contributed by atoms with Gasteiger partial charge in [0.05, 0.1) is 19.3 Å². The number of piperidine rings is 1. The summed E-state index contributed by atoms with van der Waals surface area (Å²) in [7, 11) is 1.82. The first-order chi connectivity index (χ1) is 14.1. The molecule has 0 amide bonds. The molecule has 3 rings (SSSR count). The van der Waals surface area contributed by atoms with Crippen LogP contribution in [0.2, 0.25) is 0 Å². The fourth-order valence-electron chi connectivity index (χ4n) is 3.42. The van der Waals surface area contributed by atoms with Gasteiger partial charge in [0.15, 0.2) is 5.96 Å². The summed E-state index contributed by atoms with van der Waals surface area (Å²) < 4.78 is 11.4. The molecule has 0 bridgehead atoms. The zero-order chi connectivity index (χ0) is 20.5. The van der Waals surface area contributed by atoms with Crippen LogP contribution in [0, 0.1) is 5.92 Å². The highest BCUT2D eigenvalue weighted by molar-refractivity contribution is 5.79. The molecule has 0 spiro atoms. The molecule has 29 heavy (non-hydrogen) atoms. The lowest BCUT2D eigenvalue weighted by Gasteiger charge is -2.33. The first-order valence-corrected chi connectivity index (χ1v) is 11.0. The molecule has 162 valence electrons. The highest BCUT2D eigenvalue weighted by Gasteiger charge is 2.22. The molecule has 0 unspecified atom stereocenters. The first-order valence-electron chi connectivity index (χ1n) is 11.0. The van der Waals surface area contributed by atoms with Crippen LogP contribution in [-0.2, 0) is 11.3 Å². The third-order valence-corrected chi connectivity index (χ3v) is 5.43. The van der Waals surface area contributed by atoms with Gasteiger partial charge >= 0.3 is 0 Å². The van der Waals surface area contributed by atoms with Crippen LogP contribution in [0.25, 0.3) is 0 Å². The van der Waals surface area contributed by atoms with Crippen LogP contribution < -0.4 is 15.4 Å². The van der Waals surface area contributed by atoms with Crippen molar-refractivity contribution in [2.75, 3.05) is 39.9 Å². The number of hydrogen-bond acceptors (Lipinski definition) is 5. The van der Waals surface area contributed by atoms with E-state index in [2.05, 4.69) is 39.4 Å². The van der Waals surface area contributed by atoms with Gasteiger partial charge in [-0.3, -0.25) is 4.99 Å². The van der Waals surface area contributed by atoms with Crippen molar-refractivity contribution in [3.05, 3.63) is 23.9 Å². The number of nitrogens with zero attached hydrogens (tertiary/aromatic N) is 3. The van der Waals surface area contributed by atoms with Gasteiger partial charge in [0.25, 0.3) is 0 Å². The molecule has 2 heterocycles. The molecule has 0 atom stereocenters. The van der Waals surface area contributed by atoms with Crippen molar-refractivity contribution < 1.29 is 9.47 Å². The van der Waals surface area contributed by atoms with Crippen molar-refractivity contribution in [3.8, 4) is 5.88 Å². The standard InChI is InChI=1S/C22H37N5O2/c1-17(2)28-13-12-27-10-7-20(8-11-27)26-22(23-3)25-15-19-6-9-24-21(14-19)29-16-18-4-5-18/h6,9,14,17-18,20H,4-5,7-8,10-13,15-16H2,1-3H3,(H2,23,25,26). The van der Waals surface area contributed by atoms with Crippen molar-refractivity contribution in [3.63, 3.8) is 0 Å². The summed E-state index contributed by atoms with van der Waals surface area (Å²) >= 11 is 0. The molecule has 2 fully saturated rings. The Morgan fingerprint density at radius 1 is 1.28 bits per heavy atom. The van der Waals surface area contributed by atoms with Crippen LogP contribution >= 0.6 is 0 Å². The summed E-state index contributed by atoms with van der Waals surface area (Å²) in [6.45, 7) is 9.70. The molecule has 7 heteroatoms. The SMILES string of the molecule is CN=C(NCc1ccnc(OCC2CC2)c1)NC1CCN(CCOC(C)C)CC1. The lowest BCUT2D eigenvalue weighted by molar-refractivity contribution is 0.0532. The van der Waals surface area contributed by atoms with E-state index in [-0.39, 0.29) is 0 Å². The van der Waals surface area contributed by atoms with Gasteiger partial charge in [-0.2, -0.15) is 0 Å². The van der Waals surface area contributed by atoms with E-state index in [1.54, 1.807) is 0 Å². The maximum absolute atomic E-state index is 5.78. The predicted molar refractivity (Wildman–Crippen MR) is 116 cm³/mol. The van der Waals surface area contributed by atoms with Crippen molar-refractivity contribution in [1.29, 1.82) is 0 Å². The van der Waals surface area contributed by atoms with Gasteiger partial charge in [0, 0.05) is 51.5 Å². The molecule has 7 nitrogen and oxygen atoms in total. The fraction of sp³-hybridized carbons (Fsp3) is 0.727. The van der Waals surface area contributed by atoms with Gasteiger partial charge in [-0.25, -0.2) is 4.98 Å². The van der Waals surface area contributed by atoms with E-state index >= 15 is 0 Å². The van der Waals surface area contributed by atoms with Gasteiger partial charge in [0.1, 0.15) is 0 Å². The molecule has 2 aliphatic rings. The maximum Gasteiger partial charge on any atom is 0.213 e. The van der Waals surface area contributed by atoms with Crippen molar-refractivity contribution in [2.24, 2.45) is 10.9 Å². The normalized spacial score (nSPS) is 18.8. The third-order valence-electron chi connectivity index (χ3n) is 5.43. The second kappa shape index (κ2) is 11.4. The summed E-state index contributed by atoms with van der Waals surface area (Å²) in [4.78, 5) is 11.2. The Bertz CT molecular complexity index is 640. The number of likely N-dealkylation sites (tertiary alicyclic amines) is 1. The van der Waals surface area contributed by atoms with Crippen LogP contribution in [0.4, 0.5) is 0 Å². The van der Waals surface area contributed by atoms with Crippen LogP contribution in [0.15, 0.2) is 23.3 Å². The molecule has 0 aromatic carbocycles. The maximum atomic E-state index is 5.78. The van der Waals surface area contributed by atoms with Crippen molar-refractivity contribution >= 4 is 5.96 Å². The van der Waals surface area contributed by atoms with E-state index in [0.29, 0.717) is 24.6 Å². The van der Waals surface area contributed by atoms with Gasteiger partial charge in [-0.15, -0.1) is 0 Å². The zero-order valence-electron chi connectivity index (χ0n) is 18.2. The van der Waals surface area contributed by atoms with E-state index in [1.165, 1.54) is 12.8 Å². The molecule has 2 N–H and O–H groups in total. The number of rotatable bonds is 10. The zero-order valence-corrected chi connectivity index (χ0v) is 18.2. The van der Waals surface area contributed by atoms with Crippen LogP contribution in [-0.4, -0.2) is 67.9 Å². The van der Waals surface area contributed by atoms with Crippen molar-refractivity contribution in [2.45, 2.75) is 58.2 Å². The summed E-state index contributed by atoms with van der Waals surface area (Å²) in [5.41, 5.74) is 1.15. The second-order valence-electron chi connectivity index (χ2n) is 8.36. The van der Waals surface area contributed by atoms with Gasteiger partial charge in [-0.05, 0) is 57.1 Å². The Morgan fingerprint density at radius 2 is 2.07 bits per heavy atom. The highest BCUT2D eigenvalue weighted by Crippen LogP contribution is 2.29. The summed E-state index contributed by atoms with van der Waals surface area (Å²) in [6, 6.07) is 4.49. The molecule has 1 aromatic rings. The summed E-state index contributed by atoms with van der Waals surface area (Å²) in [5.74, 6) is 2.30. The topological polar surface area (TPSA) is 71.0 Å². The van der Waals surface area contributed by atoms with E-state index in [9.17, 15) is 0 Å². The summed E-state index contributed by atoms with van der Waals surface area (Å²) in [6.07, 6.45) is 6.94. The van der Waals surface area contributed by atoms with E-state index in [0.717, 1.165) is 63.1 Å². The van der Waals surface area contributed by atoms with Gasteiger partial charge in [0.2, 0.25) is 5.88 Å². The molecule has 1 aliphatic heterocycles. The van der Waals surface area contributed by atoms with Gasteiger partial charge < -0.3 is 25.0 Å². The second-order valence-corrected chi connectivity index (χ2v) is 8.36. The number of ether oxygens (including phenoxy) is 2. The number of aliphatic imine (C=N–C) groups is 1. The van der Waals surface area contributed by atoms with Crippen LogP contribution in [0.5, 0.6) is 5.88 Å². The number of hydrogen-bond donors (Lipinski definition) is 2. The molecular formula is C22H37N5O2. The van der Waals surface area contributed by atoms with Crippen LogP contribution in [0.1, 0.15) is 45.1 Å². The van der Waals surface area contributed by atoms with Gasteiger partial charge in [-0.1, -0.05) is 0 Å². The number of aromatic nitrogens is 1. The minimum absolute atomic E-state index is 0.310. The largest absolute Gasteiger partial charge is 0.477 e. The average Bonchev–Trinajstić information content (AvgIpc) is 3.55. The number of guanidine groups is 1. The molecule has 0 radical (unpaired) electrons. The first kappa shape index (κ1) is 21.8. The Hall–Kier alpha value is -1.86. The Kier molecular flexibility index (Phi) is 8.55. The number of nitrogens with one attached hydrogen (secondary N) is 2. The summed E-state index contributed by atoms with van der Waals surface area (Å²) in [5, 5.41) is 6.99. The third kappa shape index (κ3) is 8.19. The lowest BCUT2D eigenvalue weighted by Crippen LogP contribution is -2.49. The molecule has 1 aromatic heterocycles. The molecule has 1 aliphatic carbocycles. The van der Waals surface area contributed by atoms with Crippen LogP contribution in [0.3, 0.4) is 0 Å².